The van der Waals surface area contributed by atoms with Crippen molar-refractivity contribution in [1.82, 2.24) is 10.2 Å². The van der Waals surface area contributed by atoms with E-state index in [4.69, 9.17) is 9.47 Å². The number of hydrogen-bond acceptors (Lipinski definition) is 6. The molecule has 1 aliphatic heterocycles. The Labute approximate surface area is 162 Å². The lowest BCUT2D eigenvalue weighted by Crippen LogP contribution is -2.46. The predicted molar refractivity (Wildman–Crippen MR) is 98.6 cm³/mol. The van der Waals surface area contributed by atoms with E-state index in [-0.39, 0.29) is 5.92 Å². The first kappa shape index (κ1) is 19.7. The predicted octanol–water partition coefficient (Wildman–Crippen LogP) is 1.29. The molecule has 0 bridgehead atoms. The molecule has 9 heteroatoms. The SMILES string of the molecule is COc1ccc(NC(=O)[C@H](C)OC(=O)CN2C(=O)N[C@@](C)(C3CC3)C2=O)cc1. The number of nitrogens with one attached hydrogen (secondary N) is 2. The second kappa shape index (κ2) is 7.49. The number of carbonyl (C=O) groups is 4. The summed E-state index contributed by atoms with van der Waals surface area (Å²) in [4.78, 5) is 49.8. The van der Waals surface area contributed by atoms with Crippen molar-refractivity contribution >= 4 is 29.5 Å². The molecular formula is C19H23N3O6. The molecule has 0 aromatic heterocycles. The van der Waals surface area contributed by atoms with Gasteiger partial charge in [0.25, 0.3) is 11.8 Å². The van der Waals surface area contributed by atoms with Crippen molar-refractivity contribution in [1.29, 1.82) is 0 Å². The third-order valence-corrected chi connectivity index (χ3v) is 5.02. The molecular weight excluding hydrogens is 366 g/mol. The van der Waals surface area contributed by atoms with Crippen LogP contribution in [0.1, 0.15) is 26.7 Å². The second-order valence-corrected chi connectivity index (χ2v) is 7.15. The van der Waals surface area contributed by atoms with Gasteiger partial charge in [0.1, 0.15) is 17.8 Å². The van der Waals surface area contributed by atoms with E-state index in [9.17, 15) is 19.2 Å². The molecule has 1 aromatic rings. The summed E-state index contributed by atoms with van der Waals surface area (Å²) in [5.74, 6) is -1.06. The quantitative estimate of drug-likeness (QED) is 0.536. The molecule has 2 fully saturated rings. The van der Waals surface area contributed by atoms with Gasteiger partial charge in [0.2, 0.25) is 0 Å². The van der Waals surface area contributed by atoms with Crippen LogP contribution in [0.5, 0.6) is 5.75 Å². The molecule has 2 atom stereocenters. The Morgan fingerprint density at radius 2 is 1.93 bits per heavy atom. The molecule has 1 aliphatic carbocycles. The monoisotopic (exact) mass is 389 g/mol. The number of anilines is 1. The van der Waals surface area contributed by atoms with E-state index in [0.717, 1.165) is 17.7 Å². The molecule has 2 aliphatic rings. The van der Waals surface area contributed by atoms with E-state index in [1.54, 1.807) is 31.2 Å². The van der Waals surface area contributed by atoms with Crippen LogP contribution in [-0.4, -0.2) is 54.0 Å². The Balaban J connectivity index is 1.53. The summed E-state index contributed by atoms with van der Waals surface area (Å²) in [6.45, 7) is 2.55. The zero-order valence-corrected chi connectivity index (χ0v) is 16.0. The summed E-state index contributed by atoms with van der Waals surface area (Å²) in [5, 5.41) is 5.27. The van der Waals surface area contributed by atoms with Crippen molar-refractivity contribution in [3.63, 3.8) is 0 Å². The average molecular weight is 389 g/mol. The van der Waals surface area contributed by atoms with Gasteiger partial charge in [0.15, 0.2) is 6.10 Å². The largest absolute Gasteiger partial charge is 0.497 e. The molecule has 4 amide bonds. The molecule has 0 spiro atoms. The van der Waals surface area contributed by atoms with Crippen molar-refractivity contribution in [3.05, 3.63) is 24.3 Å². The first-order chi connectivity index (χ1) is 13.2. The lowest BCUT2D eigenvalue weighted by molar-refractivity contribution is -0.155. The molecule has 1 aromatic carbocycles. The van der Waals surface area contributed by atoms with Gasteiger partial charge in [-0.2, -0.15) is 0 Å². The molecule has 0 radical (unpaired) electrons. The molecule has 3 rings (SSSR count). The van der Waals surface area contributed by atoms with Gasteiger partial charge in [-0.15, -0.1) is 0 Å². The van der Waals surface area contributed by atoms with Crippen LogP contribution in [-0.2, 0) is 19.1 Å². The van der Waals surface area contributed by atoms with Crippen molar-refractivity contribution in [2.45, 2.75) is 38.3 Å². The van der Waals surface area contributed by atoms with Crippen LogP contribution in [0.25, 0.3) is 0 Å². The molecule has 28 heavy (non-hydrogen) atoms. The fourth-order valence-corrected chi connectivity index (χ4v) is 3.13. The summed E-state index contributed by atoms with van der Waals surface area (Å²) in [6, 6.07) is 6.04. The van der Waals surface area contributed by atoms with Crippen molar-refractivity contribution in [2.24, 2.45) is 5.92 Å². The lowest BCUT2D eigenvalue weighted by atomic mass is 9.96. The summed E-state index contributed by atoms with van der Waals surface area (Å²) in [7, 11) is 1.54. The van der Waals surface area contributed by atoms with Gasteiger partial charge < -0.3 is 20.1 Å². The highest BCUT2D eigenvalue weighted by Crippen LogP contribution is 2.42. The third-order valence-electron chi connectivity index (χ3n) is 5.02. The number of benzene rings is 1. The zero-order chi connectivity index (χ0) is 20.5. The number of nitrogens with zero attached hydrogens (tertiary/aromatic N) is 1. The van der Waals surface area contributed by atoms with Crippen molar-refractivity contribution < 1.29 is 28.7 Å². The van der Waals surface area contributed by atoms with Crippen LogP contribution in [0.2, 0.25) is 0 Å². The molecule has 150 valence electrons. The minimum Gasteiger partial charge on any atom is -0.497 e. The molecule has 9 nitrogen and oxygen atoms in total. The fraction of sp³-hybridized carbons (Fsp3) is 0.474. The molecule has 0 unspecified atom stereocenters. The Morgan fingerprint density at radius 3 is 2.50 bits per heavy atom. The van der Waals surface area contributed by atoms with Crippen LogP contribution in [0.3, 0.4) is 0 Å². The Kier molecular flexibility index (Phi) is 5.26. The summed E-state index contributed by atoms with van der Waals surface area (Å²) in [6.07, 6.45) is 0.636. The number of hydrogen-bond donors (Lipinski definition) is 2. The summed E-state index contributed by atoms with van der Waals surface area (Å²) in [5.41, 5.74) is -0.447. The number of urea groups is 1. The van der Waals surface area contributed by atoms with Gasteiger partial charge in [-0.05, 0) is 56.9 Å². The van der Waals surface area contributed by atoms with E-state index >= 15 is 0 Å². The van der Waals surface area contributed by atoms with Crippen LogP contribution in [0.15, 0.2) is 24.3 Å². The highest BCUT2D eigenvalue weighted by molar-refractivity contribution is 6.09. The molecule has 2 N–H and O–H groups in total. The average Bonchev–Trinajstić information content (AvgIpc) is 3.48. The van der Waals surface area contributed by atoms with E-state index in [2.05, 4.69) is 10.6 Å². The minimum absolute atomic E-state index is 0.0965. The van der Waals surface area contributed by atoms with Crippen LogP contribution in [0.4, 0.5) is 10.5 Å². The highest BCUT2D eigenvalue weighted by atomic mass is 16.5. The highest BCUT2D eigenvalue weighted by Gasteiger charge is 2.56. The number of ether oxygens (including phenoxy) is 2. The maximum atomic E-state index is 12.5. The first-order valence-electron chi connectivity index (χ1n) is 9.03. The zero-order valence-electron chi connectivity index (χ0n) is 16.0. The van der Waals surface area contributed by atoms with Crippen molar-refractivity contribution in [2.75, 3.05) is 19.0 Å². The Bertz CT molecular complexity index is 804. The number of carbonyl (C=O) groups excluding carboxylic acids is 4. The number of methoxy groups -OCH3 is 1. The Morgan fingerprint density at radius 1 is 1.29 bits per heavy atom. The second-order valence-electron chi connectivity index (χ2n) is 7.15. The maximum Gasteiger partial charge on any atom is 0.327 e. The van der Waals surface area contributed by atoms with Crippen molar-refractivity contribution in [3.8, 4) is 5.75 Å². The third kappa shape index (κ3) is 3.92. The summed E-state index contributed by atoms with van der Waals surface area (Å²) >= 11 is 0. The van der Waals surface area contributed by atoms with Gasteiger partial charge in [-0.1, -0.05) is 0 Å². The van der Waals surface area contributed by atoms with Gasteiger partial charge >= 0.3 is 12.0 Å². The van der Waals surface area contributed by atoms with Gasteiger partial charge in [0.05, 0.1) is 7.11 Å². The normalized spacial score (nSPS) is 22.5. The number of imide groups is 1. The van der Waals surface area contributed by atoms with Crippen LogP contribution in [0, 0.1) is 5.92 Å². The van der Waals surface area contributed by atoms with E-state index in [0.29, 0.717) is 11.4 Å². The lowest BCUT2D eigenvalue weighted by Gasteiger charge is -2.21. The summed E-state index contributed by atoms with van der Waals surface area (Å²) < 4.78 is 10.1. The van der Waals surface area contributed by atoms with Crippen LogP contribution < -0.4 is 15.4 Å². The Hall–Kier alpha value is -3.10. The smallest absolute Gasteiger partial charge is 0.327 e. The van der Waals surface area contributed by atoms with Crippen LogP contribution >= 0.6 is 0 Å². The molecule has 1 heterocycles. The number of rotatable bonds is 7. The standard InChI is InChI=1S/C19H23N3O6/c1-11(16(24)20-13-6-8-14(27-3)9-7-13)28-15(23)10-22-17(25)19(2,12-4-5-12)21-18(22)26/h6-9,11-12H,4-5,10H2,1-3H3,(H,20,24)(H,21,26)/t11-,19-/m0/s1. The maximum absolute atomic E-state index is 12.5. The van der Waals surface area contributed by atoms with Gasteiger partial charge in [0, 0.05) is 5.69 Å². The number of amides is 4. The van der Waals surface area contributed by atoms with E-state index in [1.807, 2.05) is 0 Å². The first-order valence-corrected chi connectivity index (χ1v) is 9.03. The molecule has 1 saturated carbocycles. The minimum atomic E-state index is -1.09. The van der Waals surface area contributed by atoms with E-state index < -0.39 is 42.0 Å². The van der Waals surface area contributed by atoms with E-state index in [1.165, 1.54) is 14.0 Å². The fourth-order valence-electron chi connectivity index (χ4n) is 3.13. The number of esters is 1. The molecule has 1 saturated heterocycles. The van der Waals surface area contributed by atoms with Gasteiger partial charge in [-0.25, -0.2) is 4.79 Å². The topological polar surface area (TPSA) is 114 Å². The van der Waals surface area contributed by atoms with Gasteiger partial charge in [-0.3, -0.25) is 19.3 Å².